The van der Waals surface area contributed by atoms with Crippen LogP contribution in [0.15, 0.2) is 76.7 Å². The summed E-state index contributed by atoms with van der Waals surface area (Å²) < 4.78 is 28.0. The number of hydrogen-bond donors (Lipinski definition) is 1. The minimum absolute atomic E-state index is 0.111. The third kappa shape index (κ3) is 6.00. The van der Waals surface area contributed by atoms with Gasteiger partial charge in [0.05, 0.1) is 16.3 Å². The molecule has 1 amide bonds. The predicted octanol–water partition coefficient (Wildman–Crippen LogP) is 5.00. The molecule has 0 aliphatic heterocycles. The van der Waals surface area contributed by atoms with Crippen LogP contribution in [0.3, 0.4) is 0 Å². The average Bonchev–Trinajstić information content (AvgIpc) is 2.78. The van der Waals surface area contributed by atoms with Crippen molar-refractivity contribution in [3.05, 3.63) is 94.0 Å². The first-order chi connectivity index (χ1) is 15.6. The largest absolute Gasteiger partial charge is 0.271 e. The van der Waals surface area contributed by atoms with E-state index in [-0.39, 0.29) is 4.90 Å². The van der Waals surface area contributed by atoms with Gasteiger partial charge in [0.25, 0.3) is 15.9 Å². The van der Waals surface area contributed by atoms with Crippen molar-refractivity contribution in [3.8, 4) is 0 Å². The first kappa shape index (κ1) is 24.5. The summed E-state index contributed by atoms with van der Waals surface area (Å²) in [4.78, 5) is 12.9. The number of rotatable bonds is 7. The number of sulfonamides is 1. The monoisotopic (exact) mass is 483 g/mol. The van der Waals surface area contributed by atoms with Crippen LogP contribution < -0.4 is 9.73 Å². The first-order valence-corrected chi connectivity index (χ1v) is 12.2. The molecule has 0 spiro atoms. The third-order valence-electron chi connectivity index (χ3n) is 5.28. The molecule has 0 atom stereocenters. The number of nitrogens with zero attached hydrogens (tertiary/aromatic N) is 2. The second-order valence-electron chi connectivity index (χ2n) is 7.83. The van der Waals surface area contributed by atoms with E-state index in [1.807, 2.05) is 26.8 Å². The molecule has 0 aliphatic carbocycles. The number of nitrogens with one attached hydrogen (secondary N) is 1. The molecule has 172 valence electrons. The van der Waals surface area contributed by atoms with Crippen LogP contribution in [0.5, 0.6) is 0 Å². The number of halogens is 1. The Morgan fingerprint density at radius 2 is 1.58 bits per heavy atom. The van der Waals surface area contributed by atoms with Crippen molar-refractivity contribution in [2.75, 3.05) is 10.8 Å². The number of anilines is 1. The van der Waals surface area contributed by atoms with Crippen LogP contribution in [0.1, 0.15) is 29.2 Å². The molecule has 0 saturated carbocycles. The first-order valence-electron chi connectivity index (χ1n) is 10.3. The van der Waals surface area contributed by atoms with Gasteiger partial charge in [-0.3, -0.25) is 9.10 Å². The lowest BCUT2D eigenvalue weighted by atomic mass is 10.1. The molecule has 6 nitrogen and oxygen atoms in total. The van der Waals surface area contributed by atoms with Crippen molar-refractivity contribution >= 4 is 38.9 Å². The maximum absolute atomic E-state index is 13.5. The Morgan fingerprint density at radius 3 is 2.18 bits per heavy atom. The summed E-state index contributed by atoms with van der Waals surface area (Å²) in [5.41, 5.74) is 7.12. The smallest absolute Gasteiger partial charge is 0.264 e. The summed E-state index contributed by atoms with van der Waals surface area (Å²) in [5, 5.41) is 4.72. The summed E-state index contributed by atoms with van der Waals surface area (Å²) in [6.07, 6.45) is 0. The van der Waals surface area contributed by atoms with Crippen molar-refractivity contribution in [3.63, 3.8) is 0 Å². The highest BCUT2D eigenvalue weighted by molar-refractivity contribution is 7.92. The molecular weight excluding hydrogens is 458 g/mol. The second-order valence-corrected chi connectivity index (χ2v) is 10.1. The van der Waals surface area contributed by atoms with Crippen LogP contribution in [-0.4, -0.2) is 26.6 Å². The number of benzene rings is 3. The molecule has 8 heteroatoms. The molecule has 0 aliphatic rings. The zero-order chi connectivity index (χ0) is 24.2. The number of hydrogen-bond acceptors (Lipinski definition) is 4. The quantitative estimate of drug-likeness (QED) is 0.379. The molecule has 1 N–H and O–H groups in total. The number of aryl methyl sites for hydroxylation is 3. The van der Waals surface area contributed by atoms with Crippen LogP contribution in [0, 0.1) is 20.8 Å². The van der Waals surface area contributed by atoms with E-state index >= 15 is 0 Å². The van der Waals surface area contributed by atoms with Crippen molar-refractivity contribution in [1.29, 1.82) is 0 Å². The number of amides is 1. The Kier molecular flexibility index (Phi) is 7.56. The molecule has 3 rings (SSSR count). The number of carbonyl (C=O) groups excluding carboxylic acids is 1. The zero-order valence-electron chi connectivity index (χ0n) is 19.0. The Hall–Kier alpha value is -3.16. The van der Waals surface area contributed by atoms with Gasteiger partial charge < -0.3 is 0 Å². The van der Waals surface area contributed by atoms with E-state index < -0.39 is 22.5 Å². The topological polar surface area (TPSA) is 78.8 Å². The van der Waals surface area contributed by atoms with Gasteiger partial charge in [-0.05, 0) is 80.8 Å². The fourth-order valence-electron chi connectivity index (χ4n) is 3.10. The van der Waals surface area contributed by atoms with E-state index in [2.05, 4.69) is 10.5 Å². The van der Waals surface area contributed by atoms with Crippen molar-refractivity contribution < 1.29 is 13.2 Å². The fourth-order valence-corrected chi connectivity index (χ4v) is 4.64. The van der Waals surface area contributed by atoms with Crippen molar-refractivity contribution in [1.82, 2.24) is 5.43 Å². The van der Waals surface area contributed by atoms with E-state index in [1.54, 1.807) is 67.6 Å². The van der Waals surface area contributed by atoms with Crippen LogP contribution in [0.25, 0.3) is 0 Å². The lowest BCUT2D eigenvalue weighted by Gasteiger charge is -2.24. The average molecular weight is 484 g/mol. The molecule has 0 fully saturated rings. The van der Waals surface area contributed by atoms with E-state index in [9.17, 15) is 13.2 Å². The summed E-state index contributed by atoms with van der Waals surface area (Å²) >= 11 is 5.91. The molecule has 33 heavy (non-hydrogen) atoms. The minimum Gasteiger partial charge on any atom is -0.271 e. The molecule has 0 bridgehead atoms. The van der Waals surface area contributed by atoms with Gasteiger partial charge in [0, 0.05) is 5.02 Å². The zero-order valence-corrected chi connectivity index (χ0v) is 20.5. The van der Waals surface area contributed by atoms with Crippen molar-refractivity contribution in [2.45, 2.75) is 32.6 Å². The normalized spacial score (nSPS) is 11.8. The lowest BCUT2D eigenvalue weighted by Crippen LogP contribution is -2.39. The van der Waals surface area contributed by atoms with Crippen LogP contribution in [0.4, 0.5) is 5.69 Å². The van der Waals surface area contributed by atoms with Crippen molar-refractivity contribution in [2.24, 2.45) is 5.10 Å². The number of hydrazone groups is 1. The Labute approximate surface area is 200 Å². The Morgan fingerprint density at radius 1 is 0.939 bits per heavy atom. The van der Waals surface area contributed by atoms with Gasteiger partial charge in [-0.2, -0.15) is 5.10 Å². The second kappa shape index (κ2) is 10.2. The minimum atomic E-state index is -3.98. The highest BCUT2D eigenvalue weighted by atomic mass is 35.5. The molecule has 3 aromatic carbocycles. The van der Waals surface area contributed by atoms with E-state index in [4.69, 9.17) is 11.6 Å². The van der Waals surface area contributed by atoms with Crippen LogP contribution in [-0.2, 0) is 14.8 Å². The van der Waals surface area contributed by atoms with Gasteiger partial charge in [-0.1, -0.05) is 47.5 Å². The molecule has 0 radical (unpaired) electrons. The molecule has 3 aromatic rings. The van der Waals surface area contributed by atoms with Crippen LogP contribution >= 0.6 is 11.6 Å². The van der Waals surface area contributed by atoms with Gasteiger partial charge >= 0.3 is 0 Å². The van der Waals surface area contributed by atoms with Gasteiger partial charge in [0.15, 0.2) is 0 Å². The Balaban J connectivity index is 1.90. The third-order valence-corrected chi connectivity index (χ3v) is 7.33. The standard InChI is InChI=1S/C25H26ClN3O3S/c1-17-5-13-24(14-6-17)33(31,32)29(23-12-7-18(2)19(3)15-23)16-25(30)28-27-20(4)21-8-10-22(26)11-9-21/h5-15H,16H2,1-4H3,(H,28,30)/b27-20-. The Bertz CT molecular complexity index is 1290. The van der Waals surface area contributed by atoms with Gasteiger partial charge in [0.2, 0.25) is 0 Å². The molecular formula is C25H26ClN3O3S. The van der Waals surface area contributed by atoms with Gasteiger partial charge in [-0.15, -0.1) is 0 Å². The highest BCUT2D eigenvalue weighted by Gasteiger charge is 2.27. The fraction of sp³-hybridized carbons (Fsp3) is 0.200. The molecule has 0 unspecified atom stereocenters. The van der Waals surface area contributed by atoms with Gasteiger partial charge in [-0.25, -0.2) is 13.8 Å². The van der Waals surface area contributed by atoms with Gasteiger partial charge in [0.1, 0.15) is 6.54 Å². The molecule has 0 aromatic heterocycles. The molecule has 0 heterocycles. The maximum atomic E-state index is 13.5. The van der Waals surface area contributed by atoms with E-state index in [1.165, 1.54) is 0 Å². The summed E-state index contributed by atoms with van der Waals surface area (Å²) in [7, 11) is -3.98. The maximum Gasteiger partial charge on any atom is 0.264 e. The highest BCUT2D eigenvalue weighted by Crippen LogP contribution is 2.26. The predicted molar refractivity (Wildman–Crippen MR) is 133 cm³/mol. The lowest BCUT2D eigenvalue weighted by molar-refractivity contribution is -0.119. The summed E-state index contributed by atoms with van der Waals surface area (Å²) in [6, 6.07) is 18.9. The summed E-state index contributed by atoms with van der Waals surface area (Å²) in [6.45, 7) is 7.05. The van der Waals surface area contributed by atoms with E-state index in [0.717, 1.165) is 26.6 Å². The van der Waals surface area contributed by atoms with Crippen LogP contribution in [0.2, 0.25) is 5.02 Å². The number of carbonyl (C=O) groups is 1. The van der Waals surface area contributed by atoms with E-state index in [0.29, 0.717) is 16.4 Å². The summed E-state index contributed by atoms with van der Waals surface area (Å²) in [5.74, 6) is -0.558. The molecule has 0 saturated heterocycles. The SMILES string of the molecule is C/C(=N/NC(=O)CN(c1ccc(C)c(C)c1)S(=O)(=O)c1ccc(C)cc1)c1ccc(Cl)cc1.